The van der Waals surface area contributed by atoms with Gasteiger partial charge in [0.15, 0.2) is 0 Å². The molecule has 10 heteroatoms. The number of benzene rings is 1. The molecule has 0 bridgehead atoms. The molecule has 0 aromatic heterocycles. The van der Waals surface area contributed by atoms with Crippen LogP contribution in [0.15, 0.2) is 23.1 Å². The number of carbonyl (C=O) groups is 2. The first kappa shape index (κ1) is 21.4. The van der Waals surface area contributed by atoms with Gasteiger partial charge in [0.1, 0.15) is 0 Å². The second-order valence-electron chi connectivity index (χ2n) is 5.49. The van der Waals surface area contributed by atoms with Crippen LogP contribution in [0.5, 0.6) is 0 Å². The number of methoxy groups -OCH3 is 2. The molecule has 1 fully saturated rings. The molecule has 140 valence electrons. The molecule has 0 saturated carbocycles. The predicted octanol–water partition coefficient (Wildman–Crippen LogP) is 0.793. The molecule has 8 nitrogen and oxygen atoms in total. The van der Waals surface area contributed by atoms with Crippen LogP contribution in [0.3, 0.4) is 0 Å². The molecule has 2 rings (SSSR count). The van der Waals surface area contributed by atoms with E-state index in [-0.39, 0.29) is 41.0 Å². The highest BCUT2D eigenvalue weighted by atomic mass is 35.5. The van der Waals surface area contributed by atoms with Crippen LogP contribution < -0.4 is 5.73 Å². The molecule has 0 spiro atoms. The summed E-state index contributed by atoms with van der Waals surface area (Å²) in [7, 11) is -1.54. The Morgan fingerprint density at radius 3 is 2.08 bits per heavy atom. The molecule has 1 heterocycles. The predicted molar refractivity (Wildman–Crippen MR) is 92.3 cm³/mol. The third-order valence-corrected chi connectivity index (χ3v) is 5.65. The third kappa shape index (κ3) is 4.69. The Kier molecular flexibility index (Phi) is 7.36. The molecule has 0 radical (unpaired) electrons. The highest BCUT2D eigenvalue weighted by molar-refractivity contribution is 7.89. The van der Waals surface area contributed by atoms with Crippen LogP contribution in [0.1, 0.15) is 33.6 Å². The Hall–Kier alpha value is -1.68. The van der Waals surface area contributed by atoms with Crippen LogP contribution in [0, 0.1) is 0 Å². The van der Waals surface area contributed by atoms with E-state index in [1.54, 1.807) is 0 Å². The van der Waals surface area contributed by atoms with Crippen LogP contribution in [0.4, 0.5) is 0 Å². The highest BCUT2D eigenvalue weighted by Gasteiger charge is 2.30. The molecule has 0 aliphatic carbocycles. The first-order valence-electron chi connectivity index (χ1n) is 7.37. The average molecular weight is 393 g/mol. The van der Waals surface area contributed by atoms with Gasteiger partial charge in [-0.25, -0.2) is 18.0 Å². The fourth-order valence-corrected chi connectivity index (χ4v) is 4.17. The van der Waals surface area contributed by atoms with E-state index >= 15 is 0 Å². The van der Waals surface area contributed by atoms with Crippen LogP contribution in [-0.4, -0.2) is 58.0 Å². The lowest BCUT2D eigenvalue weighted by Gasteiger charge is -2.30. The number of halogens is 1. The van der Waals surface area contributed by atoms with Crippen molar-refractivity contribution in [2.24, 2.45) is 5.73 Å². The largest absolute Gasteiger partial charge is 0.465 e. The van der Waals surface area contributed by atoms with Crippen molar-refractivity contribution in [1.29, 1.82) is 0 Å². The zero-order chi connectivity index (χ0) is 17.9. The number of nitrogens with two attached hydrogens (primary N) is 1. The molecule has 25 heavy (non-hydrogen) atoms. The van der Waals surface area contributed by atoms with Gasteiger partial charge in [-0.1, -0.05) is 0 Å². The fraction of sp³-hybridized carbons (Fsp3) is 0.467. The van der Waals surface area contributed by atoms with Crippen molar-refractivity contribution in [2.45, 2.75) is 23.8 Å². The van der Waals surface area contributed by atoms with Crippen molar-refractivity contribution in [1.82, 2.24) is 4.31 Å². The van der Waals surface area contributed by atoms with Gasteiger partial charge in [0.25, 0.3) is 0 Å². The van der Waals surface area contributed by atoms with E-state index in [0.29, 0.717) is 13.0 Å². The molecule has 1 atom stereocenters. The minimum atomic E-state index is -3.89. The molecule has 1 unspecified atom stereocenters. The van der Waals surface area contributed by atoms with Crippen LogP contribution >= 0.6 is 12.4 Å². The maximum absolute atomic E-state index is 12.8. The summed E-state index contributed by atoms with van der Waals surface area (Å²) >= 11 is 0. The van der Waals surface area contributed by atoms with Gasteiger partial charge in [-0.05, 0) is 31.0 Å². The molecule has 1 saturated heterocycles. The smallest absolute Gasteiger partial charge is 0.337 e. The van der Waals surface area contributed by atoms with Gasteiger partial charge in [-0.15, -0.1) is 12.4 Å². The van der Waals surface area contributed by atoms with Gasteiger partial charge >= 0.3 is 11.9 Å². The molecule has 1 aliphatic rings. The minimum Gasteiger partial charge on any atom is -0.465 e. The van der Waals surface area contributed by atoms with Crippen LogP contribution in [0.25, 0.3) is 0 Å². The van der Waals surface area contributed by atoms with Crippen LogP contribution in [0.2, 0.25) is 0 Å². The average Bonchev–Trinajstić information content (AvgIpc) is 2.59. The number of piperidine rings is 1. The van der Waals surface area contributed by atoms with Crippen molar-refractivity contribution in [2.75, 3.05) is 27.3 Å². The number of carbonyl (C=O) groups excluding carboxylic acids is 2. The molecular formula is C15H21ClN2O6S. The summed E-state index contributed by atoms with van der Waals surface area (Å²) in [4.78, 5) is 23.4. The summed E-state index contributed by atoms with van der Waals surface area (Å²) < 4.78 is 36.1. The molecule has 1 aliphatic heterocycles. The van der Waals surface area contributed by atoms with E-state index in [4.69, 9.17) is 5.73 Å². The lowest BCUT2D eigenvalue weighted by atomic mass is 10.1. The topological polar surface area (TPSA) is 116 Å². The number of rotatable bonds is 4. The Bertz CT molecular complexity index is 718. The van der Waals surface area contributed by atoms with Crippen LogP contribution in [-0.2, 0) is 19.5 Å². The lowest BCUT2D eigenvalue weighted by molar-refractivity contribution is 0.0598. The van der Waals surface area contributed by atoms with Gasteiger partial charge in [0.2, 0.25) is 10.0 Å². The van der Waals surface area contributed by atoms with E-state index < -0.39 is 22.0 Å². The Morgan fingerprint density at radius 1 is 1.12 bits per heavy atom. The maximum atomic E-state index is 12.8. The summed E-state index contributed by atoms with van der Waals surface area (Å²) in [6, 6.07) is 3.37. The summed E-state index contributed by atoms with van der Waals surface area (Å²) in [6.07, 6.45) is 1.41. The van der Waals surface area contributed by atoms with E-state index in [1.807, 2.05) is 0 Å². The Morgan fingerprint density at radius 2 is 1.64 bits per heavy atom. The summed E-state index contributed by atoms with van der Waals surface area (Å²) in [5.74, 6) is -1.49. The monoisotopic (exact) mass is 392 g/mol. The first-order valence-corrected chi connectivity index (χ1v) is 8.81. The molecule has 0 amide bonds. The minimum absolute atomic E-state index is 0. The zero-order valence-electron chi connectivity index (χ0n) is 13.9. The van der Waals surface area contributed by atoms with E-state index in [2.05, 4.69) is 9.47 Å². The fourth-order valence-electron chi connectivity index (χ4n) is 2.56. The van der Waals surface area contributed by atoms with Gasteiger partial charge < -0.3 is 15.2 Å². The second-order valence-corrected chi connectivity index (χ2v) is 7.43. The van der Waals surface area contributed by atoms with Gasteiger partial charge in [0.05, 0.1) is 30.2 Å². The van der Waals surface area contributed by atoms with Gasteiger partial charge in [-0.3, -0.25) is 0 Å². The van der Waals surface area contributed by atoms with Crippen molar-refractivity contribution in [3.05, 3.63) is 29.3 Å². The number of esters is 2. The summed E-state index contributed by atoms with van der Waals surface area (Å²) in [6.45, 7) is 0.532. The van der Waals surface area contributed by atoms with E-state index in [9.17, 15) is 18.0 Å². The molecular weight excluding hydrogens is 372 g/mol. The van der Waals surface area contributed by atoms with Crippen molar-refractivity contribution >= 4 is 34.4 Å². The Balaban J connectivity index is 0.00000312. The van der Waals surface area contributed by atoms with E-state index in [0.717, 1.165) is 6.42 Å². The third-order valence-electron chi connectivity index (χ3n) is 3.81. The van der Waals surface area contributed by atoms with Crippen molar-refractivity contribution in [3.63, 3.8) is 0 Å². The van der Waals surface area contributed by atoms with Gasteiger partial charge in [0, 0.05) is 19.1 Å². The first-order chi connectivity index (χ1) is 11.3. The SMILES string of the molecule is COC(=O)c1cc(C(=O)OC)cc(S(=O)(=O)N2CCCC(N)C2)c1.Cl. The van der Waals surface area contributed by atoms with E-state index in [1.165, 1.54) is 36.7 Å². The number of ether oxygens (including phenoxy) is 2. The number of sulfonamides is 1. The standard InChI is InChI=1S/C15H20N2O6S.ClH/c1-22-14(18)10-6-11(15(19)23-2)8-13(7-10)24(20,21)17-5-3-4-12(16)9-17;/h6-8,12H,3-5,9,16H2,1-2H3;1H. The maximum Gasteiger partial charge on any atom is 0.337 e. The zero-order valence-corrected chi connectivity index (χ0v) is 15.6. The number of hydrogen-bond donors (Lipinski definition) is 1. The highest BCUT2D eigenvalue weighted by Crippen LogP contribution is 2.23. The van der Waals surface area contributed by atoms with Crippen molar-refractivity contribution in [3.8, 4) is 0 Å². The molecule has 1 aromatic rings. The van der Waals surface area contributed by atoms with Gasteiger partial charge in [-0.2, -0.15) is 4.31 Å². The summed E-state index contributed by atoms with van der Waals surface area (Å²) in [5.41, 5.74) is 5.76. The van der Waals surface area contributed by atoms with Crippen molar-refractivity contribution < 1.29 is 27.5 Å². The quantitative estimate of drug-likeness (QED) is 0.753. The Labute approximate surface area is 152 Å². The lowest BCUT2D eigenvalue weighted by Crippen LogP contribution is -2.45. The molecule has 2 N–H and O–H groups in total. The normalized spacial score (nSPS) is 18.1. The summed E-state index contributed by atoms with van der Waals surface area (Å²) in [5, 5.41) is 0. The molecule has 1 aromatic carbocycles. The number of nitrogens with zero attached hydrogens (tertiary/aromatic N) is 1. The number of hydrogen-bond acceptors (Lipinski definition) is 7. The second kappa shape index (κ2) is 8.61.